The van der Waals surface area contributed by atoms with Crippen molar-refractivity contribution in [3.05, 3.63) is 69.8 Å². The minimum Gasteiger partial charge on any atom is -0.493 e. The molecule has 0 saturated carbocycles. The van der Waals surface area contributed by atoms with Crippen LogP contribution < -0.4 is 15.0 Å². The molecule has 0 unspecified atom stereocenters. The first kappa shape index (κ1) is 19.5. The maximum absolute atomic E-state index is 13.8. The van der Waals surface area contributed by atoms with E-state index in [9.17, 15) is 14.4 Å². The van der Waals surface area contributed by atoms with Crippen LogP contribution in [0.15, 0.2) is 52.4 Å². The highest BCUT2D eigenvalue weighted by Gasteiger charge is 2.16. The normalized spacial score (nSPS) is 10.4. The number of halogens is 1. The van der Waals surface area contributed by atoms with Crippen molar-refractivity contribution in [3.8, 4) is 28.8 Å². The molecule has 142 valence electrons. The quantitative estimate of drug-likeness (QED) is 0.503. The van der Waals surface area contributed by atoms with Gasteiger partial charge in [0.2, 0.25) is 0 Å². The fourth-order valence-corrected chi connectivity index (χ4v) is 2.94. The van der Waals surface area contributed by atoms with Crippen LogP contribution >= 0.6 is 11.8 Å². The Hall–Kier alpha value is -3.31. The summed E-state index contributed by atoms with van der Waals surface area (Å²) in [5.41, 5.74) is 0.624. The number of hydrogen-bond acceptors (Lipinski definition) is 6. The number of H-pyrrole nitrogens is 1. The van der Waals surface area contributed by atoms with Crippen molar-refractivity contribution in [3.63, 3.8) is 0 Å². The number of aromatic amines is 1. The van der Waals surface area contributed by atoms with Crippen LogP contribution in [-0.4, -0.2) is 23.3 Å². The van der Waals surface area contributed by atoms with E-state index in [2.05, 4.69) is 9.97 Å². The Kier molecular flexibility index (Phi) is 5.96. The molecule has 0 aliphatic heterocycles. The van der Waals surface area contributed by atoms with Gasteiger partial charge in [-0.15, -0.1) is 0 Å². The number of benzene rings is 2. The topological polar surface area (TPSA) is 88.0 Å². The summed E-state index contributed by atoms with van der Waals surface area (Å²) in [7, 11) is 1.47. The lowest BCUT2D eigenvalue weighted by atomic mass is 10.1. The first-order chi connectivity index (χ1) is 13.6. The summed E-state index contributed by atoms with van der Waals surface area (Å²) in [5.74, 6) is 0.433. The van der Waals surface area contributed by atoms with Gasteiger partial charge < -0.3 is 14.5 Å². The molecule has 0 amide bonds. The van der Waals surface area contributed by atoms with Crippen molar-refractivity contribution >= 4 is 11.8 Å². The summed E-state index contributed by atoms with van der Waals surface area (Å²) in [4.78, 5) is 19.0. The molecule has 0 aliphatic carbocycles. The second-order valence-corrected chi connectivity index (χ2v) is 6.45. The lowest BCUT2D eigenvalue weighted by Crippen LogP contribution is -2.14. The van der Waals surface area contributed by atoms with Crippen molar-refractivity contribution in [2.24, 2.45) is 0 Å². The van der Waals surface area contributed by atoms with Gasteiger partial charge >= 0.3 is 0 Å². The Morgan fingerprint density at radius 3 is 2.71 bits per heavy atom. The number of nitrogens with one attached hydrogen (secondary N) is 1. The Bertz CT molecular complexity index is 1110. The monoisotopic (exact) mass is 397 g/mol. The van der Waals surface area contributed by atoms with Crippen LogP contribution in [0.5, 0.6) is 11.5 Å². The lowest BCUT2D eigenvalue weighted by molar-refractivity contribution is 0.280. The fraction of sp³-hybridized carbons (Fsp3) is 0.150. The van der Waals surface area contributed by atoms with Gasteiger partial charge in [-0.05, 0) is 30.5 Å². The molecule has 0 radical (unpaired) electrons. The Balaban J connectivity index is 1.96. The number of methoxy groups -OCH3 is 1. The van der Waals surface area contributed by atoms with Gasteiger partial charge in [-0.2, -0.15) is 5.26 Å². The predicted molar refractivity (Wildman–Crippen MR) is 104 cm³/mol. The van der Waals surface area contributed by atoms with Crippen LogP contribution in [0, 0.1) is 17.1 Å². The summed E-state index contributed by atoms with van der Waals surface area (Å²) in [5, 5.41) is 9.73. The van der Waals surface area contributed by atoms with Crippen molar-refractivity contribution < 1.29 is 13.9 Å². The molecule has 1 heterocycles. The summed E-state index contributed by atoms with van der Waals surface area (Å²) in [6.45, 7) is 0.0334. The highest BCUT2D eigenvalue weighted by molar-refractivity contribution is 7.98. The minimum absolute atomic E-state index is 0.0334. The zero-order chi connectivity index (χ0) is 20.1. The van der Waals surface area contributed by atoms with Gasteiger partial charge in [0.1, 0.15) is 24.1 Å². The van der Waals surface area contributed by atoms with Crippen LogP contribution in [-0.2, 0) is 6.61 Å². The third kappa shape index (κ3) is 4.00. The summed E-state index contributed by atoms with van der Waals surface area (Å²) < 4.78 is 24.8. The number of nitrogens with zero attached hydrogens (tertiary/aromatic N) is 2. The zero-order valence-corrected chi connectivity index (χ0v) is 16.0. The number of aromatic nitrogens is 2. The molecular formula is C20H16FN3O3S. The molecule has 0 bridgehead atoms. The van der Waals surface area contributed by atoms with E-state index in [0.29, 0.717) is 27.8 Å². The fourth-order valence-electron chi connectivity index (χ4n) is 2.57. The molecule has 2 aromatic carbocycles. The number of rotatable bonds is 6. The molecule has 1 N–H and O–H groups in total. The average Bonchev–Trinajstić information content (AvgIpc) is 2.72. The number of hydrogen-bond donors (Lipinski definition) is 1. The van der Waals surface area contributed by atoms with Gasteiger partial charge in [0.25, 0.3) is 5.56 Å². The molecule has 0 aliphatic rings. The van der Waals surface area contributed by atoms with Crippen LogP contribution in [0.4, 0.5) is 4.39 Å². The van der Waals surface area contributed by atoms with Crippen molar-refractivity contribution in [2.75, 3.05) is 13.4 Å². The molecule has 6 nitrogen and oxygen atoms in total. The van der Waals surface area contributed by atoms with Gasteiger partial charge in [0.05, 0.1) is 12.8 Å². The number of nitriles is 1. The number of ether oxygens (including phenoxy) is 2. The smallest absolute Gasteiger partial charge is 0.270 e. The van der Waals surface area contributed by atoms with E-state index in [1.165, 1.54) is 24.9 Å². The molecule has 0 saturated heterocycles. The molecule has 3 aromatic rings. The highest BCUT2D eigenvalue weighted by Crippen LogP contribution is 2.33. The van der Waals surface area contributed by atoms with Crippen LogP contribution in [0.1, 0.15) is 11.1 Å². The van der Waals surface area contributed by atoms with Gasteiger partial charge in [-0.3, -0.25) is 4.79 Å². The number of thioether (sulfide) groups is 1. The summed E-state index contributed by atoms with van der Waals surface area (Å²) in [6.07, 6.45) is 1.77. The van der Waals surface area contributed by atoms with Crippen molar-refractivity contribution in [1.82, 2.24) is 9.97 Å². The molecular weight excluding hydrogens is 381 g/mol. The molecule has 0 fully saturated rings. The van der Waals surface area contributed by atoms with E-state index in [4.69, 9.17) is 9.47 Å². The maximum Gasteiger partial charge on any atom is 0.270 e. The summed E-state index contributed by atoms with van der Waals surface area (Å²) in [6, 6.07) is 13.2. The zero-order valence-electron chi connectivity index (χ0n) is 15.2. The van der Waals surface area contributed by atoms with Crippen LogP contribution in [0.3, 0.4) is 0 Å². The molecule has 0 atom stereocenters. The molecule has 1 aromatic heterocycles. The predicted octanol–water partition coefficient (Wildman–Crippen LogP) is 3.76. The molecule has 0 spiro atoms. The molecule has 8 heteroatoms. The van der Waals surface area contributed by atoms with Gasteiger partial charge in [-0.25, -0.2) is 9.37 Å². The third-order valence-electron chi connectivity index (χ3n) is 3.98. The Labute approximate surface area is 165 Å². The van der Waals surface area contributed by atoms with Crippen LogP contribution in [0.2, 0.25) is 0 Å². The van der Waals surface area contributed by atoms with E-state index < -0.39 is 5.56 Å². The summed E-state index contributed by atoms with van der Waals surface area (Å²) >= 11 is 1.26. The van der Waals surface area contributed by atoms with E-state index in [1.54, 1.807) is 42.7 Å². The van der Waals surface area contributed by atoms with Gasteiger partial charge in [-0.1, -0.05) is 30.0 Å². The maximum atomic E-state index is 13.8. The largest absolute Gasteiger partial charge is 0.493 e. The molecule has 28 heavy (non-hydrogen) atoms. The molecule has 3 rings (SSSR count). The van der Waals surface area contributed by atoms with E-state index in [1.807, 2.05) is 6.07 Å². The Morgan fingerprint density at radius 2 is 2.04 bits per heavy atom. The lowest BCUT2D eigenvalue weighted by Gasteiger charge is -2.13. The van der Waals surface area contributed by atoms with Gasteiger partial charge in [0, 0.05) is 11.1 Å². The van der Waals surface area contributed by atoms with E-state index in [0.717, 1.165) is 0 Å². The minimum atomic E-state index is -0.504. The highest BCUT2D eigenvalue weighted by atomic mass is 32.2. The van der Waals surface area contributed by atoms with Crippen molar-refractivity contribution in [2.45, 2.75) is 11.8 Å². The average molecular weight is 397 g/mol. The first-order valence-corrected chi connectivity index (χ1v) is 9.43. The Morgan fingerprint density at radius 1 is 1.25 bits per heavy atom. The standard InChI is InChI=1S/C20H16FN3O3S/c1-26-17-9-12(18-14(10-22)19(25)24-20(23-18)28-2)7-8-16(17)27-11-13-5-3-4-6-15(13)21/h3-9H,11H2,1-2H3,(H,23,24,25). The second-order valence-electron chi connectivity index (χ2n) is 5.66. The van der Waals surface area contributed by atoms with E-state index >= 15 is 0 Å². The second kappa shape index (κ2) is 8.59. The van der Waals surface area contributed by atoms with Gasteiger partial charge in [0.15, 0.2) is 16.7 Å². The third-order valence-corrected chi connectivity index (χ3v) is 4.56. The first-order valence-electron chi connectivity index (χ1n) is 8.20. The van der Waals surface area contributed by atoms with Crippen molar-refractivity contribution in [1.29, 1.82) is 5.26 Å². The van der Waals surface area contributed by atoms with E-state index in [-0.39, 0.29) is 23.7 Å². The SMILES string of the molecule is COc1cc(-c2nc(SC)[nH]c(=O)c2C#N)ccc1OCc1ccccc1F. The van der Waals surface area contributed by atoms with Crippen LogP contribution in [0.25, 0.3) is 11.3 Å².